The number of carbonyl (C=O) groups excluding carboxylic acids is 1. The Morgan fingerprint density at radius 3 is 2.67 bits per heavy atom. The highest BCUT2D eigenvalue weighted by Gasteiger charge is 2.26. The molecule has 0 spiro atoms. The van der Waals surface area contributed by atoms with Gasteiger partial charge in [0, 0.05) is 11.6 Å². The van der Waals surface area contributed by atoms with Crippen LogP contribution in [0.1, 0.15) is 40.5 Å². The van der Waals surface area contributed by atoms with Crippen LogP contribution in [0.25, 0.3) is 5.70 Å². The summed E-state index contributed by atoms with van der Waals surface area (Å²) in [5, 5.41) is 6.85. The molecule has 1 aliphatic carbocycles. The van der Waals surface area contributed by atoms with E-state index in [4.69, 9.17) is 0 Å². The van der Waals surface area contributed by atoms with E-state index in [-0.39, 0.29) is 11.7 Å². The molecule has 1 saturated carbocycles. The van der Waals surface area contributed by atoms with Crippen LogP contribution in [0.15, 0.2) is 36.9 Å². The first-order valence-electron chi connectivity index (χ1n) is 6.70. The molecule has 0 bridgehead atoms. The molecule has 3 N–H and O–H groups in total. The second-order valence-corrected chi connectivity index (χ2v) is 5.05. The van der Waals surface area contributed by atoms with Crippen LogP contribution in [-0.2, 0) is 0 Å². The number of nitrogens with one attached hydrogen (secondary N) is 3. The lowest BCUT2D eigenvalue weighted by atomic mass is 10.2. The molecule has 1 heterocycles. The molecule has 1 aliphatic rings. The molecular formula is C15H15FN4O. The minimum Gasteiger partial charge on any atom is -0.298 e. The van der Waals surface area contributed by atoms with Crippen molar-refractivity contribution in [2.75, 3.05) is 0 Å². The van der Waals surface area contributed by atoms with Crippen LogP contribution in [0.5, 0.6) is 0 Å². The lowest BCUT2D eigenvalue weighted by Gasteiger charge is -2.10. The van der Waals surface area contributed by atoms with Crippen LogP contribution in [0.2, 0.25) is 0 Å². The first-order valence-corrected chi connectivity index (χ1v) is 6.70. The number of rotatable bonds is 5. The van der Waals surface area contributed by atoms with Gasteiger partial charge in [0.05, 0.1) is 5.70 Å². The number of carbonyl (C=O) groups is 1. The van der Waals surface area contributed by atoms with E-state index in [1.54, 1.807) is 18.2 Å². The highest BCUT2D eigenvalue weighted by Crippen LogP contribution is 2.38. The Hall–Kier alpha value is -2.63. The fourth-order valence-electron chi connectivity index (χ4n) is 1.98. The van der Waals surface area contributed by atoms with Crippen LogP contribution in [0.3, 0.4) is 0 Å². The third kappa shape index (κ3) is 3.10. The molecule has 1 fully saturated rings. The molecule has 3 rings (SSSR count). The summed E-state index contributed by atoms with van der Waals surface area (Å²) in [6, 6.07) is 7.59. The zero-order chi connectivity index (χ0) is 14.8. The van der Waals surface area contributed by atoms with E-state index in [0.717, 1.165) is 18.5 Å². The van der Waals surface area contributed by atoms with Crippen molar-refractivity contribution in [2.45, 2.75) is 18.8 Å². The summed E-state index contributed by atoms with van der Waals surface area (Å²) in [5.41, 5.74) is 7.71. The number of aromatic nitrogens is 2. The maximum Gasteiger partial charge on any atom is 0.290 e. The minimum atomic E-state index is -0.346. The minimum absolute atomic E-state index is 0.320. The van der Waals surface area contributed by atoms with Crippen LogP contribution < -0.4 is 10.9 Å². The zero-order valence-corrected chi connectivity index (χ0v) is 11.3. The van der Waals surface area contributed by atoms with Crippen LogP contribution in [0.4, 0.5) is 4.39 Å². The van der Waals surface area contributed by atoms with E-state index in [1.807, 2.05) is 0 Å². The fraction of sp³-hybridized carbons (Fsp3) is 0.200. The lowest BCUT2D eigenvalue weighted by molar-refractivity contribution is 0.0937. The topological polar surface area (TPSA) is 69.8 Å². The number of H-pyrrole nitrogens is 1. The number of hydrogen-bond donors (Lipinski definition) is 3. The second-order valence-electron chi connectivity index (χ2n) is 5.05. The Labute approximate surface area is 121 Å². The Balaban J connectivity index is 1.57. The quantitative estimate of drug-likeness (QED) is 0.739. The summed E-state index contributed by atoms with van der Waals surface area (Å²) < 4.78 is 12.8. The van der Waals surface area contributed by atoms with Gasteiger partial charge in [-0.05, 0) is 48.7 Å². The molecule has 0 atom stereocenters. The first kappa shape index (κ1) is 13.4. The van der Waals surface area contributed by atoms with Gasteiger partial charge in [-0.1, -0.05) is 6.58 Å². The molecule has 1 aromatic carbocycles. The smallest absolute Gasteiger partial charge is 0.290 e. The standard InChI is InChI=1S/C15H15FN4O/c1-9(10-4-6-12(16)7-5-10)17-20-15(21)14-8-13(18-19-14)11-2-3-11/h4-8,11,17H,1-3H2,(H,18,19)(H,20,21). The zero-order valence-electron chi connectivity index (χ0n) is 11.3. The maximum atomic E-state index is 12.8. The van der Waals surface area contributed by atoms with Crippen molar-refractivity contribution in [1.82, 2.24) is 21.0 Å². The maximum absolute atomic E-state index is 12.8. The van der Waals surface area contributed by atoms with Gasteiger partial charge < -0.3 is 0 Å². The van der Waals surface area contributed by atoms with E-state index in [9.17, 15) is 9.18 Å². The van der Waals surface area contributed by atoms with E-state index in [0.29, 0.717) is 22.9 Å². The van der Waals surface area contributed by atoms with Gasteiger partial charge in [0.1, 0.15) is 5.82 Å². The van der Waals surface area contributed by atoms with Gasteiger partial charge >= 0.3 is 0 Å². The molecule has 0 saturated heterocycles. The highest BCUT2D eigenvalue weighted by atomic mass is 19.1. The fourth-order valence-corrected chi connectivity index (χ4v) is 1.98. The largest absolute Gasteiger partial charge is 0.298 e. The SMILES string of the molecule is C=C(NNC(=O)c1cc(C2CC2)[nH]n1)c1ccc(F)cc1. The molecule has 1 amide bonds. The molecule has 21 heavy (non-hydrogen) atoms. The van der Waals surface area contributed by atoms with Crippen LogP contribution >= 0.6 is 0 Å². The number of nitrogens with zero attached hydrogens (tertiary/aromatic N) is 1. The van der Waals surface area contributed by atoms with E-state index < -0.39 is 0 Å². The molecule has 0 unspecified atom stereocenters. The molecule has 0 radical (unpaired) electrons. The van der Waals surface area contributed by atoms with E-state index in [2.05, 4.69) is 27.6 Å². The van der Waals surface area contributed by atoms with Gasteiger partial charge in [-0.25, -0.2) is 4.39 Å². The molecule has 0 aliphatic heterocycles. The van der Waals surface area contributed by atoms with Crippen molar-refractivity contribution in [1.29, 1.82) is 0 Å². The average molecular weight is 286 g/mol. The van der Waals surface area contributed by atoms with Crippen molar-refractivity contribution in [2.24, 2.45) is 0 Å². The summed E-state index contributed by atoms with van der Waals surface area (Å²) >= 11 is 0. The van der Waals surface area contributed by atoms with Gasteiger partial charge in [0.15, 0.2) is 5.69 Å². The molecule has 6 heteroatoms. The number of hydrogen-bond acceptors (Lipinski definition) is 3. The molecular weight excluding hydrogens is 271 g/mol. The van der Waals surface area contributed by atoms with E-state index in [1.165, 1.54) is 12.1 Å². The number of amides is 1. The summed E-state index contributed by atoms with van der Waals surface area (Å²) in [6.45, 7) is 3.79. The van der Waals surface area contributed by atoms with Crippen molar-refractivity contribution >= 4 is 11.6 Å². The van der Waals surface area contributed by atoms with Crippen molar-refractivity contribution in [3.05, 3.63) is 59.7 Å². The summed E-state index contributed by atoms with van der Waals surface area (Å²) in [5.74, 6) is -0.151. The molecule has 108 valence electrons. The molecule has 1 aromatic heterocycles. The van der Waals surface area contributed by atoms with Gasteiger partial charge in [-0.3, -0.25) is 20.7 Å². The Kier molecular flexibility index (Phi) is 3.43. The third-order valence-electron chi connectivity index (χ3n) is 3.37. The summed E-state index contributed by atoms with van der Waals surface area (Å²) in [7, 11) is 0. The number of halogens is 1. The highest BCUT2D eigenvalue weighted by molar-refractivity contribution is 5.92. The van der Waals surface area contributed by atoms with Crippen molar-refractivity contribution in [3.8, 4) is 0 Å². The third-order valence-corrected chi connectivity index (χ3v) is 3.37. The second kappa shape index (κ2) is 5.40. The normalized spacial score (nSPS) is 13.8. The van der Waals surface area contributed by atoms with Gasteiger partial charge in [-0.2, -0.15) is 5.10 Å². The first-order chi connectivity index (χ1) is 10.1. The number of aromatic amines is 1. The van der Waals surface area contributed by atoms with Gasteiger partial charge in [-0.15, -0.1) is 0 Å². The Bertz CT molecular complexity index is 673. The molecule has 2 aromatic rings. The average Bonchev–Trinajstić information content (AvgIpc) is 3.22. The monoisotopic (exact) mass is 286 g/mol. The summed E-state index contributed by atoms with van der Waals surface area (Å²) in [4.78, 5) is 11.9. The van der Waals surface area contributed by atoms with Crippen LogP contribution in [-0.4, -0.2) is 16.1 Å². The Morgan fingerprint density at radius 1 is 1.29 bits per heavy atom. The van der Waals surface area contributed by atoms with E-state index >= 15 is 0 Å². The Morgan fingerprint density at radius 2 is 2.00 bits per heavy atom. The summed E-state index contributed by atoms with van der Waals surface area (Å²) in [6.07, 6.45) is 2.28. The van der Waals surface area contributed by atoms with Gasteiger partial charge in [0.25, 0.3) is 5.91 Å². The number of benzene rings is 1. The van der Waals surface area contributed by atoms with Crippen molar-refractivity contribution < 1.29 is 9.18 Å². The van der Waals surface area contributed by atoms with Gasteiger partial charge in [0.2, 0.25) is 0 Å². The molecule has 5 nitrogen and oxygen atoms in total. The van der Waals surface area contributed by atoms with Crippen molar-refractivity contribution in [3.63, 3.8) is 0 Å². The predicted octanol–water partition coefficient (Wildman–Crippen LogP) is 2.33. The lowest BCUT2D eigenvalue weighted by Crippen LogP contribution is -2.36. The predicted molar refractivity (Wildman–Crippen MR) is 76.6 cm³/mol. The van der Waals surface area contributed by atoms with Crippen LogP contribution in [0, 0.1) is 5.82 Å². The number of hydrazine groups is 1.